The standard InChI is InChI=1S/C17H21N3O5S3/c1-4-25-17(22)14-9(2)13-15(18-10(3)19-16(13)27-14)26-7-12(21)20-11-5-6-28(23,24)8-11/h11H,4-8H2,1-3H3,(H,20,21)/t11-/m0/s1. The smallest absolute Gasteiger partial charge is 0.348 e. The fourth-order valence-corrected chi connectivity index (χ4v) is 6.81. The van der Waals surface area contributed by atoms with E-state index in [-0.39, 0.29) is 35.8 Å². The highest BCUT2D eigenvalue weighted by atomic mass is 32.2. The second kappa shape index (κ2) is 8.34. The maximum absolute atomic E-state index is 12.2. The molecule has 1 saturated heterocycles. The van der Waals surface area contributed by atoms with Crippen LogP contribution in [0.15, 0.2) is 5.03 Å². The van der Waals surface area contributed by atoms with Gasteiger partial charge in [0.05, 0.1) is 23.9 Å². The molecule has 2 aromatic rings. The number of thiophene rings is 1. The summed E-state index contributed by atoms with van der Waals surface area (Å²) in [6.45, 7) is 5.61. The molecule has 3 heterocycles. The second-order valence-corrected chi connectivity index (χ2v) is 10.7. The summed E-state index contributed by atoms with van der Waals surface area (Å²) in [5, 5.41) is 4.14. The van der Waals surface area contributed by atoms with E-state index < -0.39 is 15.8 Å². The predicted octanol–water partition coefficient (Wildman–Crippen LogP) is 1.88. The van der Waals surface area contributed by atoms with Crippen LogP contribution in [0.3, 0.4) is 0 Å². The average molecular weight is 444 g/mol. The lowest BCUT2D eigenvalue weighted by Gasteiger charge is -2.11. The summed E-state index contributed by atoms with van der Waals surface area (Å²) in [5.41, 5.74) is 0.739. The van der Waals surface area contributed by atoms with Crippen molar-refractivity contribution in [2.24, 2.45) is 0 Å². The quantitative estimate of drug-likeness (QED) is 0.409. The lowest BCUT2D eigenvalue weighted by Crippen LogP contribution is -2.36. The van der Waals surface area contributed by atoms with Gasteiger partial charge in [0.1, 0.15) is 20.6 Å². The molecular formula is C17H21N3O5S3. The van der Waals surface area contributed by atoms with Gasteiger partial charge in [-0.25, -0.2) is 23.2 Å². The lowest BCUT2D eigenvalue weighted by atomic mass is 10.2. The van der Waals surface area contributed by atoms with E-state index in [4.69, 9.17) is 4.74 Å². The van der Waals surface area contributed by atoms with E-state index in [0.717, 1.165) is 10.9 Å². The highest BCUT2D eigenvalue weighted by Gasteiger charge is 2.29. The molecule has 1 N–H and O–H groups in total. The van der Waals surface area contributed by atoms with E-state index in [0.29, 0.717) is 27.0 Å². The number of thioether (sulfide) groups is 1. The molecule has 0 bridgehead atoms. The van der Waals surface area contributed by atoms with Gasteiger partial charge in [-0.05, 0) is 32.8 Å². The number of nitrogens with one attached hydrogen (secondary N) is 1. The lowest BCUT2D eigenvalue weighted by molar-refractivity contribution is -0.119. The fraction of sp³-hybridized carbons (Fsp3) is 0.529. The molecule has 0 saturated carbocycles. The average Bonchev–Trinajstić information content (AvgIpc) is 3.12. The molecule has 11 heteroatoms. The molecule has 1 aliphatic rings. The minimum Gasteiger partial charge on any atom is -0.462 e. The van der Waals surface area contributed by atoms with Crippen molar-refractivity contribution in [3.63, 3.8) is 0 Å². The summed E-state index contributed by atoms with van der Waals surface area (Å²) in [4.78, 5) is 34.4. The molecule has 0 aromatic carbocycles. The molecule has 0 unspecified atom stereocenters. The molecule has 3 rings (SSSR count). The number of fused-ring (bicyclic) bond motifs is 1. The Labute approximate surface area is 171 Å². The number of carbonyl (C=O) groups excluding carboxylic acids is 2. The maximum Gasteiger partial charge on any atom is 0.348 e. The maximum atomic E-state index is 12.2. The molecule has 28 heavy (non-hydrogen) atoms. The molecule has 8 nitrogen and oxygen atoms in total. The van der Waals surface area contributed by atoms with Crippen LogP contribution in [-0.2, 0) is 19.4 Å². The summed E-state index contributed by atoms with van der Waals surface area (Å²) < 4.78 is 28.1. The Hall–Kier alpha value is -1.72. The van der Waals surface area contributed by atoms with Gasteiger partial charge in [0.25, 0.3) is 0 Å². The van der Waals surface area contributed by atoms with Crippen molar-refractivity contribution in [2.45, 2.75) is 38.3 Å². The molecule has 152 valence electrons. The zero-order valence-electron chi connectivity index (χ0n) is 15.8. The number of nitrogens with zero attached hydrogens (tertiary/aromatic N) is 2. The van der Waals surface area contributed by atoms with Crippen LogP contribution < -0.4 is 5.32 Å². The Morgan fingerprint density at radius 2 is 2.07 bits per heavy atom. The van der Waals surface area contributed by atoms with Crippen LogP contribution >= 0.6 is 23.1 Å². The number of esters is 1. The summed E-state index contributed by atoms with van der Waals surface area (Å²) >= 11 is 2.50. The van der Waals surface area contributed by atoms with Gasteiger partial charge < -0.3 is 10.1 Å². The molecule has 1 amide bonds. The summed E-state index contributed by atoms with van der Waals surface area (Å²) in [5.74, 6) is 0.126. The number of carbonyl (C=O) groups is 2. The fourth-order valence-electron chi connectivity index (χ4n) is 3.01. The van der Waals surface area contributed by atoms with Crippen molar-refractivity contribution in [3.05, 3.63) is 16.3 Å². The molecule has 2 aromatic heterocycles. The minimum absolute atomic E-state index is 0.00714. The van der Waals surface area contributed by atoms with Crippen molar-refractivity contribution in [3.8, 4) is 0 Å². The highest BCUT2D eigenvalue weighted by Crippen LogP contribution is 2.36. The van der Waals surface area contributed by atoms with Crippen molar-refractivity contribution in [1.29, 1.82) is 0 Å². The van der Waals surface area contributed by atoms with E-state index in [1.165, 1.54) is 23.1 Å². The van der Waals surface area contributed by atoms with Gasteiger partial charge in [0.2, 0.25) is 5.91 Å². The first-order valence-corrected chi connectivity index (χ1v) is 12.4. The molecule has 1 fully saturated rings. The monoisotopic (exact) mass is 443 g/mol. The van der Waals surface area contributed by atoms with Crippen molar-refractivity contribution in [2.75, 3.05) is 23.9 Å². The third kappa shape index (κ3) is 4.64. The number of ether oxygens (including phenoxy) is 1. The number of sulfone groups is 1. The third-order valence-corrected chi connectivity index (χ3v) is 8.18. The van der Waals surface area contributed by atoms with Gasteiger partial charge in [-0.2, -0.15) is 0 Å². The summed E-state index contributed by atoms with van der Waals surface area (Å²) in [6.07, 6.45) is 0.447. The molecule has 1 aliphatic heterocycles. The van der Waals surface area contributed by atoms with E-state index in [1.54, 1.807) is 13.8 Å². The van der Waals surface area contributed by atoms with E-state index >= 15 is 0 Å². The summed E-state index contributed by atoms with van der Waals surface area (Å²) in [6, 6.07) is -0.330. The molecule has 0 aliphatic carbocycles. The molecule has 0 radical (unpaired) electrons. The van der Waals surface area contributed by atoms with Gasteiger partial charge in [-0.1, -0.05) is 11.8 Å². The van der Waals surface area contributed by atoms with E-state index in [2.05, 4.69) is 15.3 Å². The van der Waals surface area contributed by atoms with Crippen LogP contribution in [0.25, 0.3) is 10.2 Å². The van der Waals surface area contributed by atoms with Crippen molar-refractivity contribution < 1.29 is 22.7 Å². The normalized spacial score (nSPS) is 18.3. The van der Waals surface area contributed by atoms with Crippen LogP contribution in [0.2, 0.25) is 0 Å². The first-order chi connectivity index (χ1) is 13.2. The SMILES string of the molecule is CCOC(=O)c1sc2nc(C)nc(SCC(=O)N[C@H]3CCS(=O)(=O)C3)c2c1C. The Balaban J connectivity index is 1.77. The van der Waals surface area contributed by atoms with Gasteiger partial charge in [-0.15, -0.1) is 11.3 Å². The first kappa shape index (κ1) is 21.0. The van der Waals surface area contributed by atoms with E-state index in [9.17, 15) is 18.0 Å². The number of aromatic nitrogens is 2. The van der Waals surface area contributed by atoms with Crippen LogP contribution in [0.1, 0.15) is 34.4 Å². The van der Waals surface area contributed by atoms with Crippen molar-refractivity contribution in [1.82, 2.24) is 15.3 Å². The largest absolute Gasteiger partial charge is 0.462 e. The van der Waals surface area contributed by atoms with Crippen LogP contribution in [0, 0.1) is 13.8 Å². The number of hydrogen-bond donors (Lipinski definition) is 1. The number of amides is 1. The van der Waals surface area contributed by atoms with Crippen LogP contribution in [-0.4, -0.2) is 60.2 Å². The molecule has 0 spiro atoms. The second-order valence-electron chi connectivity index (χ2n) is 6.49. The number of hydrogen-bond acceptors (Lipinski definition) is 9. The van der Waals surface area contributed by atoms with Gasteiger partial charge in [-0.3, -0.25) is 4.79 Å². The molecule has 1 atom stereocenters. The van der Waals surface area contributed by atoms with Crippen LogP contribution in [0.5, 0.6) is 0 Å². The minimum atomic E-state index is -3.04. The topological polar surface area (TPSA) is 115 Å². The van der Waals surface area contributed by atoms with Gasteiger partial charge >= 0.3 is 5.97 Å². The number of rotatable bonds is 6. The van der Waals surface area contributed by atoms with Crippen LogP contribution in [0.4, 0.5) is 0 Å². The van der Waals surface area contributed by atoms with E-state index in [1.807, 2.05) is 6.92 Å². The Bertz CT molecular complexity index is 1030. The Morgan fingerprint density at radius 1 is 1.32 bits per heavy atom. The zero-order valence-corrected chi connectivity index (χ0v) is 18.2. The van der Waals surface area contributed by atoms with Gasteiger partial charge in [0, 0.05) is 11.4 Å². The zero-order chi connectivity index (χ0) is 20.5. The number of aryl methyl sites for hydroxylation is 2. The Kier molecular flexibility index (Phi) is 6.25. The van der Waals surface area contributed by atoms with Crippen molar-refractivity contribution >= 4 is 55.0 Å². The van der Waals surface area contributed by atoms with Gasteiger partial charge in [0.15, 0.2) is 9.84 Å². The predicted molar refractivity (Wildman–Crippen MR) is 109 cm³/mol. The third-order valence-electron chi connectivity index (χ3n) is 4.27. The molecular weight excluding hydrogens is 422 g/mol. The Morgan fingerprint density at radius 3 is 2.71 bits per heavy atom. The first-order valence-electron chi connectivity index (χ1n) is 8.77. The highest BCUT2D eigenvalue weighted by molar-refractivity contribution is 8.00. The summed E-state index contributed by atoms with van der Waals surface area (Å²) in [7, 11) is -3.04.